The predicted molar refractivity (Wildman–Crippen MR) is 106 cm³/mol. The van der Waals surface area contributed by atoms with Crippen LogP contribution in [-0.2, 0) is 4.79 Å². The molecule has 0 aliphatic heterocycles. The van der Waals surface area contributed by atoms with Gasteiger partial charge in [-0.05, 0) is 32.6 Å². The maximum atomic E-state index is 11.6. The quantitative estimate of drug-likeness (QED) is 0.176. The largest absolute Gasteiger partial charge is 0.357 e. The van der Waals surface area contributed by atoms with E-state index in [0.717, 1.165) is 38.3 Å². The SMILES string of the molecule is C=CCCCCCN(C)C(=NCC(=O)NCCC)NCC.I. The zero-order chi connectivity index (χ0) is 15.9. The van der Waals surface area contributed by atoms with E-state index in [0.29, 0.717) is 6.54 Å². The second-order valence-electron chi connectivity index (χ2n) is 5.08. The molecule has 0 heterocycles. The van der Waals surface area contributed by atoms with Gasteiger partial charge >= 0.3 is 0 Å². The van der Waals surface area contributed by atoms with E-state index in [-0.39, 0.29) is 36.4 Å². The lowest BCUT2D eigenvalue weighted by Gasteiger charge is -2.21. The van der Waals surface area contributed by atoms with Crippen LogP contribution in [0, 0.1) is 0 Å². The Hall–Kier alpha value is -0.790. The van der Waals surface area contributed by atoms with Crippen molar-refractivity contribution in [1.29, 1.82) is 0 Å². The Morgan fingerprint density at radius 3 is 2.55 bits per heavy atom. The maximum absolute atomic E-state index is 11.6. The van der Waals surface area contributed by atoms with Crippen LogP contribution >= 0.6 is 24.0 Å². The second-order valence-corrected chi connectivity index (χ2v) is 5.08. The first-order valence-corrected chi connectivity index (χ1v) is 8.02. The number of hydrogen-bond acceptors (Lipinski definition) is 2. The number of rotatable bonds is 11. The highest BCUT2D eigenvalue weighted by molar-refractivity contribution is 14.0. The average molecular weight is 424 g/mol. The Balaban J connectivity index is 0. The fourth-order valence-corrected chi connectivity index (χ4v) is 1.86. The van der Waals surface area contributed by atoms with Crippen LogP contribution in [0.15, 0.2) is 17.6 Å². The van der Waals surface area contributed by atoms with Crippen LogP contribution in [0.1, 0.15) is 46.0 Å². The first-order valence-electron chi connectivity index (χ1n) is 8.02. The van der Waals surface area contributed by atoms with Crippen LogP contribution in [-0.4, -0.2) is 50.0 Å². The molecule has 0 atom stereocenters. The summed E-state index contributed by atoms with van der Waals surface area (Å²) >= 11 is 0. The average Bonchev–Trinajstić information content (AvgIpc) is 2.48. The van der Waals surface area contributed by atoms with Crippen molar-refractivity contribution in [2.75, 3.05) is 33.2 Å². The monoisotopic (exact) mass is 424 g/mol. The molecule has 0 aromatic carbocycles. The molecule has 0 aromatic heterocycles. The first-order chi connectivity index (χ1) is 10.2. The summed E-state index contributed by atoms with van der Waals surface area (Å²) in [7, 11) is 2.01. The molecule has 0 unspecified atom stereocenters. The molecule has 5 nitrogen and oxygen atoms in total. The molecule has 0 aromatic rings. The predicted octanol–water partition coefficient (Wildman–Crippen LogP) is 2.77. The highest BCUT2D eigenvalue weighted by Gasteiger charge is 2.06. The highest BCUT2D eigenvalue weighted by Crippen LogP contribution is 2.01. The molecule has 2 N–H and O–H groups in total. The topological polar surface area (TPSA) is 56.7 Å². The molecule has 0 saturated carbocycles. The van der Waals surface area contributed by atoms with E-state index < -0.39 is 0 Å². The lowest BCUT2D eigenvalue weighted by Crippen LogP contribution is -2.40. The third-order valence-electron chi connectivity index (χ3n) is 3.04. The molecular weight excluding hydrogens is 391 g/mol. The Labute approximate surface area is 153 Å². The number of amides is 1. The molecule has 0 aliphatic carbocycles. The zero-order valence-corrected chi connectivity index (χ0v) is 16.7. The van der Waals surface area contributed by atoms with Gasteiger partial charge in [-0.1, -0.05) is 19.4 Å². The van der Waals surface area contributed by atoms with Gasteiger partial charge in [-0.2, -0.15) is 0 Å². The number of carbonyl (C=O) groups excluding carboxylic acids is 1. The second kappa shape index (κ2) is 16.6. The van der Waals surface area contributed by atoms with Crippen LogP contribution in [0.2, 0.25) is 0 Å². The number of guanidine groups is 1. The van der Waals surface area contributed by atoms with Gasteiger partial charge in [0, 0.05) is 26.7 Å². The number of unbranched alkanes of at least 4 members (excludes halogenated alkanes) is 3. The molecule has 130 valence electrons. The van der Waals surface area contributed by atoms with E-state index in [1.165, 1.54) is 12.8 Å². The van der Waals surface area contributed by atoms with Gasteiger partial charge < -0.3 is 15.5 Å². The molecule has 0 spiro atoms. The molecule has 0 aliphatic rings. The Kier molecular flexibility index (Phi) is 17.7. The number of nitrogens with zero attached hydrogens (tertiary/aromatic N) is 2. The van der Waals surface area contributed by atoms with Gasteiger partial charge in [-0.25, -0.2) is 4.99 Å². The van der Waals surface area contributed by atoms with Crippen molar-refractivity contribution in [2.24, 2.45) is 4.99 Å². The fourth-order valence-electron chi connectivity index (χ4n) is 1.86. The van der Waals surface area contributed by atoms with E-state index in [4.69, 9.17) is 0 Å². The molecule has 22 heavy (non-hydrogen) atoms. The minimum Gasteiger partial charge on any atom is -0.357 e. The van der Waals surface area contributed by atoms with Gasteiger partial charge in [0.05, 0.1) is 0 Å². The van der Waals surface area contributed by atoms with Crippen LogP contribution in [0.3, 0.4) is 0 Å². The van der Waals surface area contributed by atoms with E-state index in [9.17, 15) is 4.79 Å². The number of nitrogens with one attached hydrogen (secondary N) is 2. The van der Waals surface area contributed by atoms with Crippen LogP contribution in [0.4, 0.5) is 0 Å². The molecule has 0 saturated heterocycles. The molecule has 0 rings (SSSR count). The Bertz CT molecular complexity index is 321. The van der Waals surface area contributed by atoms with Crippen molar-refractivity contribution in [2.45, 2.75) is 46.0 Å². The summed E-state index contributed by atoms with van der Waals surface area (Å²) in [5, 5.41) is 6.06. The summed E-state index contributed by atoms with van der Waals surface area (Å²) in [4.78, 5) is 18.1. The van der Waals surface area contributed by atoms with Crippen LogP contribution in [0.25, 0.3) is 0 Å². The number of carbonyl (C=O) groups is 1. The summed E-state index contributed by atoms with van der Waals surface area (Å²) in [6.07, 6.45) is 7.48. The van der Waals surface area contributed by atoms with Crippen molar-refractivity contribution in [3.05, 3.63) is 12.7 Å². The van der Waals surface area contributed by atoms with E-state index in [2.05, 4.69) is 27.1 Å². The Morgan fingerprint density at radius 1 is 1.23 bits per heavy atom. The molecule has 0 fully saturated rings. The maximum Gasteiger partial charge on any atom is 0.241 e. The summed E-state index contributed by atoms with van der Waals surface area (Å²) in [6, 6.07) is 0. The number of allylic oxidation sites excluding steroid dienone is 1. The number of hydrogen-bond donors (Lipinski definition) is 2. The lowest BCUT2D eigenvalue weighted by atomic mass is 10.2. The smallest absolute Gasteiger partial charge is 0.241 e. The fraction of sp³-hybridized carbons (Fsp3) is 0.750. The van der Waals surface area contributed by atoms with Crippen molar-refractivity contribution < 1.29 is 4.79 Å². The van der Waals surface area contributed by atoms with Crippen molar-refractivity contribution >= 4 is 35.8 Å². The third kappa shape index (κ3) is 12.9. The summed E-state index contributed by atoms with van der Waals surface area (Å²) in [5.41, 5.74) is 0. The first kappa shape index (κ1) is 23.5. The van der Waals surface area contributed by atoms with Gasteiger partial charge in [0.15, 0.2) is 5.96 Å². The summed E-state index contributed by atoms with van der Waals surface area (Å²) < 4.78 is 0. The van der Waals surface area contributed by atoms with Gasteiger partial charge in [-0.15, -0.1) is 30.6 Å². The van der Waals surface area contributed by atoms with Crippen molar-refractivity contribution in [1.82, 2.24) is 15.5 Å². The van der Waals surface area contributed by atoms with Crippen molar-refractivity contribution in [3.8, 4) is 0 Å². The lowest BCUT2D eigenvalue weighted by molar-refractivity contribution is -0.119. The zero-order valence-electron chi connectivity index (χ0n) is 14.4. The minimum atomic E-state index is -0.0216. The summed E-state index contributed by atoms with van der Waals surface area (Å²) in [5.74, 6) is 0.777. The Morgan fingerprint density at radius 2 is 1.95 bits per heavy atom. The molecule has 1 amide bonds. The number of aliphatic imine (C=N–C) groups is 1. The minimum absolute atomic E-state index is 0. The van der Waals surface area contributed by atoms with Crippen LogP contribution in [0.5, 0.6) is 0 Å². The number of halogens is 1. The normalized spacial score (nSPS) is 10.6. The van der Waals surface area contributed by atoms with E-state index in [1.54, 1.807) is 0 Å². The van der Waals surface area contributed by atoms with Crippen LogP contribution < -0.4 is 10.6 Å². The molecule has 0 bridgehead atoms. The third-order valence-corrected chi connectivity index (χ3v) is 3.04. The molecular formula is C16H33IN4O. The standard InChI is InChI=1S/C16H32N4O.HI/c1-5-8-9-10-11-13-20(4)16(17-7-3)19-14-15(21)18-12-6-2;/h5H,1,6-14H2,2-4H3,(H,17,19)(H,18,21);1H. The van der Waals surface area contributed by atoms with Gasteiger partial charge in [-0.3, -0.25) is 4.79 Å². The van der Waals surface area contributed by atoms with Gasteiger partial charge in [0.1, 0.15) is 6.54 Å². The molecule has 0 radical (unpaired) electrons. The summed E-state index contributed by atoms with van der Waals surface area (Å²) in [6.45, 7) is 10.4. The van der Waals surface area contributed by atoms with E-state index in [1.807, 2.05) is 27.0 Å². The van der Waals surface area contributed by atoms with Gasteiger partial charge in [0.25, 0.3) is 0 Å². The molecule has 6 heteroatoms. The van der Waals surface area contributed by atoms with Gasteiger partial charge in [0.2, 0.25) is 5.91 Å². The van der Waals surface area contributed by atoms with Crippen molar-refractivity contribution in [3.63, 3.8) is 0 Å². The van der Waals surface area contributed by atoms with E-state index >= 15 is 0 Å². The highest BCUT2D eigenvalue weighted by atomic mass is 127.